The molecule has 0 fully saturated rings. The molecule has 0 bridgehead atoms. The Hall–Kier alpha value is -2.11. The summed E-state index contributed by atoms with van der Waals surface area (Å²) < 4.78 is 28.5. The molecule has 0 saturated carbocycles. The van der Waals surface area contributed by atoms with Gasteiger partial charge >= 0.3 is 0 Å². The fraction of sp³-hybridized carbons (Fsp3) is 0.250. The smallest absolute Gasteiger partial charge is 0.184 e. The van der Waals surface area contributed by atoms with E-state index in [-0.39, 0.29) is 11.7 Å². The molecular formula is C12H12F2N4. The monoisotopic (exact) mass is 250 g/mol. The summed E-state index contributed by atoms with van der Waals surface area (Å²) >= 11 is 0. The first-order chi connectivity index (χ1) is 8.65. The number of fused-ring (bicyclic) bond motifs is 1. The summed E-state index contributed by atoms with van der Waals surface area (Å²) in [6.07, 6.45) is 3.56. The van der Waals surface area contributed by atoms with Gasteiger partial charge in [-0.25, -0.2) is 8.78 Å². The average Bonchev–Trinajstić information content (AvgIpc) is 2.80. The average molecular weight is 250 g/mol. The van der Waals surface area contributed by atoms with Crippen LogP contribution in [-0.4, -0.2) is 16.3 Å². The Morgan fingerprint density at radius 2 is 2.22 bits per heavy atom. The second kappa shape index (κ2) is 3.97. The Balaban J connectivity index is 1.95. The molecule has 1 aliphatic rings. The van der Waals surface area contributed by atoms with Gasteiger partial charge in [0.25, 0.3) is 0 Å². The minimum Gasteiger partial charge on any atom is -0.381 e. The van der Waals surface area contributed by atoms with E-state index in [1.165, 1.54) is 6.07 Å². The summed E-state index contributed by atoms with van der Waals surface area (Å²) in [6, 6.07) is 2.52. The minimum atomic E-state index is -0.853. The van der Waals surface area contributed by atoms with E-state index in [1.807, 2.05) is 13.2 Å². The third-order valence-electron chi connectivity index (χ3n) is 3.04. The number of aryl methyl sites for hydroxylation is 1. The molecule has 0 saturated heterocycles. The van der Waals surface area contributed by atoms with Crippen LogP contribution >= 0.6 is 0 Å². The van der Waals surface area contributed by atoms with Crippen LogP contribution in [-0.2, 0) is 7.05 Å². The van der Waals surface area contributed by atoms with E-state index in [1.54, 1.807) is 10.9 Å². The standard InChI is InChI=1S/C12H12F2N4/c1-18-6-7(4-16-18)10-5-15-9-3-2-8(13)11(14)12(9)17-10/h2-4,6,10,15,17H,5H2,1H3. The molecule has 2 heterocycles. The van der Waals surface area contributed by atoms with Crippen molar-refractivity contribution in [1.82, 2.24) is 9.78 Å². The second-order valence-corrected chi connectivity index (χ2v) is 4.31. The van der Waals surface area contributed by atoms with E-state index < -0.39 is 11.6 Å². The van der Waals surface area contributed by atoms with Crippen molar-refractivity contribution in [2.24, 2.45) is 7.05 Å². The highest BCUT2D eigenvalue weighted by molar-refractivity contribution is 5.72. The molecule has 1 aliphatic heterocycles. The van der Waals surface area contributed by atoms with Gasteiger partial charge in [-0.15, -0.1) is 0 Å². The van der Waals surface area contributed by atoms with Crippen molar-refractivity contribution >= 4 is 11.4 Å². The summed E-state index contributed by atoms with van der Waals surface area (Å²) in [6.45, 7) is 0.601. The maximum atomic E-state index is 13.7. The Kier molecular flexibility index (Phi) is 2.43. The number of anilines is 2. The van der Waals surface area contributed by atoms with Crippen molar-refractivity contribution in [2.45, 2.75) is 6.04 Å². The first-order valence-electron chi connectivity index (χ1n) is 5.62. The zero-order valence-corrected chi connectivity index (χ0v) is 9.74. The lowest BCUT2D eigenvalue weighted by atomic mass is 10.1. The van der Waals surface area contributed by atoms with Crippen LogP contribution in [0.25, 0.3) is 0 Å². The number of nitrogens with zero attached hydrogens (tertiary/aromatic N) is 2. The van der Waals surface area contributed by atoms with E-state index in [2.05, 4.69) is 15.7 Å². The third-order valence-corrected chi connectivity index (χ3v) is 3.04. The molecule has 2 N–H and O–H groups in total. The number of benzene rings is 1. The normalized spacial score (nSPS) is 17.8. The molecule has 0 radical (unpaired) electrons. The van der Waals surface area contributed by atoms with Crippen molar-refractivity contribution in [1.29, 1.82) is 0 Å². The van der Waals surface area contributed by atoms with Crippen molar-refractivity contribution in [2.75, 3.05) is 17.2 Å². The number of halogens is 2. The molecule has 6 heteroatoms. The molecule has 1 aromatic carbocycles. The fourth-order valence-electron chi connectivity index (χ4n) is 2.10. The maximum absolute atomic E-state index is 13.7. The molecule has 1 unspecified atom stereocenters. The van der Waals surface area contributed by atoms with E-state index in [9.17, 15) is 8.78 Å². The minimum absolute atomic E-state index is 0.123. The Labute approximate surface area is 103 Å². The zero-order valence-electron chi connectivity index (χ0n) is 9.74. The van der Waals surface area contributed by atoms with E-state index >= 15 is 0 Å². The lowest BCUT2D eigenvalue weighted by Crippen LogP contribution is -2.26. The van der Waals surface area contributed by atoms with Gasteiger partial charge in [0.1, 0.15) is 0 Å². The summed E-state index contributed by atoms with van der Waals surface area (Å²) in [5, 5.41) is 10.2. The summed E-state index contributed by atoms with van der Waals surface area (Å²) in [5.74, 6) is -1.71. The number of rotatable bonds is 1. The van der Waals surface area contributed by atoms with Gasteiger partial charge in [-0.05, 0) is 12.1 Å². The number of nitrogens with one attached hydrogen (secondary N) is 2. The quantitative estimate of drug-likeness (QED) is 0.816. The highest BCUT2D eigenvalue weighted by Crippen LogP contribution is 2.34. The van der Waals surface area contributed by atoms with Crippen molar-refractivity contribution in [3.63, 3.8) is 0 Å². The second-order valence-electron chi connectivity index (χ2n) is 4.31. The van der Waals surface area contributed by atoms with Crippen molar-refractivity contribution in [3.8, 4) is 0 Å². The Morgan fingerprint density at radius 3 is 2.94 bits per heavy atom. The van der Waals surface area contributed by atoms with Crippen LogP contribution in [0.15, 0.2) is 24.5 Å². The van der Waals surface area contributed by atoms with E-state index in [0.29, 0.717) is 12.2 Å². The summed E-state index contributed by atoms with van der Waals surface area (Å²) in [4.78, 5) is 0. The molecule has 0 amide bonds. The number of hydrogen-bond acceptors (Lipinski definition) is 3. The summed E-state index contributed by atoms with van der Waals surface area (Å²) in [7, 11) is 1.81. The first kappa shape index (κ1) is 11.0. The third kappa shape index (κ3) is 1.70. The predicted molar refractivity (Wildman–Crippen MR) is 64.4 cm³/mol. The van der Waals surface area contributed by atoms with Crippen LogP contribution in [0.3, 0.4) is 0 Å². The first-order valence-corrected chi connectivity index (χ1v) is 5.62. The maximum Gasteiger partial charge on any atom is 0.184 e. The molecule has 3 rings (SSSR count). The summed E-state index contributed by atoms with van der Waals surface area (Å²) in [5.41, 5.74) is 1.68. The van der Waals surface area contributed by atoms with Gasteiger partial charge in [0.2, 0.25) is 0 Å². The number of aromatic nitrogens is 2. The van der Waals surface area contributed by atoms with Gasteiger partial charge in [0.05, 0.1) is 23.6 Å². The fourth-order valence-corrected chi connectivity index (χ4v) is 2.10. The molecule has 2 aromatic rings. The van der Waals surface area contributed by atoms with Crippen LogP contribution in [0, 0.1) is 11.6 Å². The van der Waals surface area contributed by atoms with Crippen molar-refractivity contribution in [3.05, 3.63) is 41.7 Å². The molecule has 94 valence electrons. The largest absolute Gasteiger partial charge is 0.381 e. The SMILES string of the molecule is Cn1cc(C2CNc3ccc(F)c(F)c3N2)cn1. The van der Waals surface area contributed by atoms with Crippen LogP contribution in [0.5, 0.6) is 0 Å². The van der Waals surface area contributed by atoms with Crippen LogP contribution in [0.4, 0.5) is 20.2 Å². The topological polar surface area (TPSA) is 41.9 Å². The van der Waals surface area contributed by atoms with Crippen molar-refractivity contribution < 1.29 is 8.78 Å². The molecule has 4 nitrogen and oxygen atoms in total. The molecule has 0 aliphatic carbocycles. The molecule has 1 atom stereocenters. The Morgan fingerprint density at radius 1 is 1.39 bits per heavy atom. The highest BCUT2D eigenvalue weighted by Gasteiger charge is 2.23. The molecular weight excluding hydrogens is 238 g/mol. The lowest BCUT2D eigenvalue weighted by Gasteiger charge is -2.28. The molecule has 18 heavy (non-hydrogen) atoms. The van der Waals surface area contributed by atoms with Gasteiger partial charge in [-0.1, -0.05) is 0 Å². The van der Waals surface area contributed by atoms with Gasteiger partial charge in [0.15, 0.2) is 11.6 Å². The lowest BCUT2D eigenvalue weighted by molar-refractivity contribution is 0.509. The number of hydrogen-bond donors (Lipinski definition) is 2. The van der Waals surface area contributed by atoms with Crippen LogP contribution in [0.1, 0.15) is 11.6 Å². The molecule has 0 spiro atoms. The highest BCUT2D eigenvalue weighted by atomic mass is 19.2. The molecule has 1 aromatic heterocycles. The van der Waals surface area contributed by atoms with E-state index in [4.69, 9.17) is 0 Å². The van der Waals surface area contributed by atoms with Gasteiger partial charge < -0.3 is 10.6 Å². The predicted octanol–water partition coefficient (Wildman–Crippen LogP) is 2.28. The van der Waals surface area contributed by atoms with Gasteiger partial charge in [-0.2, -0.15) is 5.10 Å². The van der Waals surface area contributed by atoms with E-state index in [0.717, 1.165) is 11.6 Å². The van der Waals surface area contributed by atoms with Gasteiger partial charge in [-0.3, -0.25) is 4.68 Å². The zero-order chi connectivity index (χ0) is 12.7. The van der Waals surface area contributed by atoms with Crippen LogP contribution in [0.2, 0.25) is 0 Å². The van der Waals surface area contributed by atoms with Crippen LogP contribution < -0.4 is 10.6 Å². The Bertz CT molecular complexity index is 594. The van der Waals surface area contributed by atoms with Gasteiger partial charge in [0, 0.05) is 25.4 Å².